The van der Waals surface area contributed by atoms with Crippen molar-refractivity contribution in [1.82, 2.24) is 0 Å². The molecule has 9 heteroatoms. The van der Waals surface area contributed by atoms with Gasteiger partial charge in [0.05, 0.1) is 17.0 Å². The van der Waals surface area contributed by atoms with Crippen molar-refractivity contribution in [1.29, 1.82) is 0 Å². The number of benzene rings is 2. The summed E-state index contributed by atoms with van der Waals surface area (Å²) in [6.45, 7) is -0.572. The van der Waals surface area contributed by atoms with Gasteiger partial charge in [0.1, 0.15) is 18.2 Å². The molecule has 0 fully saturated rings. The van der Waals surface area contributed by atoms with Crippen molar-refractivity contribution in [2.75, 3.05) is 22.4 Å². The Bertz CT molecular complexity index is 875. The zero-order valence-corrected chi connectivity index (χ0v) is 14.0. The van der Waals surface area contributed by atoms with Crippen LogP contribution in [0.25, 0.3) is 0 Å². The lowest BCUT2D eigenvalue weighted by Gasteiger charge is -2.22. The van der Waals surface area contributed by atoms with Crippen molar-refractivity contribution >= 4 is 38.9 Å². The summed E-state index contributed by atoms with van der Waals surface area (Å²) in [4.78, 5) is 12.1. The quantitative estimate of drug-likeness (QED) is 0.874. The number of hydrogen-bond acceptors (Lipinski definition) is 3. The lowest BCUT2D eigenvalue weighted by Crippen LogP contribution is -2.37. The molecule has 2 aromatic rings. The molecule has 0 bridgehead atoms. The van der Waals surface area contributed by atoms with E-state index in [0.717, 1.165) is 28.8 Å². The first-order valence-corrected chi connectivity index (χ1v) is 8.87. The third-order valence-electron chi connectivity index (χ3n) is 2.99. The van der Waals surface area contributed by atoms with E-state index in [1.165, 1.54) is 24.3 Å². The summed E-state index contributed by atoms with van der Waals surface area (Å²) in [5, 5.41) is 2.22. The Morgan fingerprint density at radius 1 is 1.21 bits per heavy atom. The van der Waals surface area contributed by atoms with Gasteiger partial charge < -0.3 is 5.32 Å². The standard InChI is InChI=1S/C15H13ClF2N2O3S/c1-24(22,23)20(12-4-2-3-10(17)7-12)9-15(21)19-11-5-6-14(18)13(16)8-11/h2-8H,9H2,1H3,(H,19,21). The second kappa shape index (κ2) is 7.14. The summed E-state index contributed by atoms with van der Waals surface area (Å²) in [7, 11) is -3.82. The van der Waals surface area contributed by atoms with E-state index in [1.807, 2.05) is 0 Å². The van der Waals surface area contributed by atoms with E-state index < -0.39 is 34.1 Å². The van der Waals surface area contributed by atoms with Crippen molar-refractivity contribution in [2.45, 2.75) is 0 Å². The number of rotatable bonds is 5. The number of anilines is 2. The Morgan fingerprint density at radius 3 is 2.50 bits per heavy atom. The molecular weight excluding hydrogens is 362 g/mol. The molecule has 24 heavy (non-hydrogen) atoms. The molecule has 5 nitrogen and oxygen atoms in total. The molecule has 0 aromatic heterocycles. The van der Waals surface area contributed by atoms with Gasteiger partial charge in [0.15, 0.2) is 0 Å². The molecule has 0 aliphatic carbocycles. The smallest absolute Gasteiger partial charge is 0.245 e. The van der Waals surface area contributed by atoms with Crippen molar-refractivity contribution < 1.29 is 22.0 Å². The van der Waals surface area contributed by atoms with Crippen LogP contribution in [0.2, 0.25) is 5.02 Å². The molecular formula is C15H13ClF2N2O3S. The monoisotopic (exact) mass is 374 g/mol. The van der Waals surface area contributed by atoms with E-state index in [9.17, 15) is 22.0 Å². The number of nitrogens with one attached hydrogen (secondary N) is 1. The largest absolute Gasteiger partial charge is 0.324 e. The van der Waals surface area contributed by atoms with Crippen LogP contribution < -0.4 is 9.62 Å². The van der Waals surface area contributed by atoms with Gasteiger partial charge in [0, 0.05) is 5.69 Å². The maximum Gasteiger partial charge on any atom is 0.245 e. The number of nitrogens with zero attached hydrogens (tertiary/aromatic N) is 1. The lowest BCUT2D eigenvalue weighted by atomic mass is 10.3. The Hall–Kier alpha value is -2.19. The third kappa shape index (κ3) is 4.65. The number of halogens is 3. The van der Waals surface area contributed by atoms with E-state index in [4.69, 9.17) is 11.6 Å². The average molecular weight is 375 g/mol. The molecule has 1 amide bonds. The normalized spacial score (nSPS) is 11.2. The van der Waals surface area contributed by atoms with Gasteiger partial charge in [-0.05, 0) is 36.4 Å². The molecule has 2 aromatic carbocycles. The van der Waals surface area contributed by atoms with Gasteiger partial charge in [0.2, 0.25) is 15.9 Å². The highest BCUT2D eigenvalue weighted by Crippen LogP contribution is 2.21. The zero-order chi connectivity index (χ0) is 17.9. The second-order valence-electron chi connectivity index (χ2n) is 4.93. The number of hydrogen-bond donors (Lipinski definition) is 1. The molecule has 0 heterocycles. The highest BCUT2D eigenvalue weighted by Gasteiger charge is 2.21. The van der Waals surface area contributed by atoms with Gasteiger partial charge in [-0.3, -0.25) is 9.10 Å². The molecule has 0 saturated carbocycles. The maximum absolute atomic E-state index is 13.3. The topological polar surface area (TPSA) is 66.5 Å². The van der Waals surface area contributed by atoms with Crippen LogP contribution in [0.5, 0.6) is 0 Å². The Kier molecular flexibility index (Phi) is 5.40. The minimum absolute atomic E-state index is 0.0183. The number of amides is 1. The predicted octanol–water partition coefficient (Wildman–Crippen LogP) is 3.02. The Labute approximate surface area is 142 Å². The summed E-state index contributed by atoms with van der Waals surface area (Å²) in [6, 6.07) is 8.41. The fourth-order valence-corrected chi connectivity index (χ4v) is 2.96. The molecule has 0 aliphatic rings. The molecule has 128 valence electrons. The van der Waals surface area contributed by atoms with Gasteiger partial charge >= 0.3 is 0 Å². The second-order valence-corrected chi connectivity index (χ2v) is 7.24. The molecule has 0 spiro atoms. The lowest BCUT2D eigenvalue weighted by molar-refractivity contribution is -0.114. The number of carbonyl (C=O) groups excluding carboxylic acids is 1. The summed E-state index contributed by atoms with van der Waals surface area (Å²) in [6.07, 6.45) is 0.903. The van der Waals surface area contributed by atoms with E-state index in [0.29, 0.717) is 0 Å². The van der Waals surface area contributed by atoms with Gasteiger partial charge in [-0.15, -0.1) is 0 Å². The molecule has 1 N–H and O–H groups in total. The van der Waals surface area contributed by atoms with Crippen LogP contribution in [0.3, 0.4) is 0 Å². The molecule has 0 saturated heterocycles. The van der Waals surface area contributed by atoms with E-state index >= 15 is 0 Å². The van der Waals surface area contributed by atoms with Gasteiger partial charge in [0.25, 0.3) is 0 Å². The van der Waals surface area contributed by atoms with E-state index in [-0.39, 0.29) is 16.4 Å². The minimum atomic E-state index is -3.82. The van der Waals surface area contributed by atoms with Crippen LogP contribution in [0.4, 0.5) is 20.2 Å². The summed E-state index contributed by atoms with van der Waals surface area (Å²) in [5.41, 5.74) is 0.226. The Morgan fingerprint density at radius 2 is 1.92 bits per heavy atom. The summed E-state index contributed by atoms with van der Waals surface area (Å²) >= 11 is 5.61. The fourth-order valence-electron chi connectivity index (χ4n) is 1.94. The Balaban J connectivity index is 2.20. The first kappa shape index (κ1) is 18.2. The first-order valence-electron chi connectivity index (χ1n) is 6.65. The van der Waals surface area contributed by atoms with E-state index in [2.05, 4.69) is 5.32 Å². The highest BCUT2D eigenvalue weighted by molar-refractivity contribution is 7.92. The number of sulfonamides is 1. The number of carbonyl (C=O) groups is 1. The molecule has 0 aliphatic heterocycles. The van der Waals surface area contributed by atoms with Crippen molar-refractivity contribution in [3.8, 4) is 0 Å². The maximum atomic E-state index is 13.3. The van der Waals surface area contributed by atoms with Crippen LogP contribution in [-0.4, -0.2) is 27.1 Å². The summed E-state index contributed by atoms with van der Waals surface area (Å²) in [5.74, 6) is -1.97. The molecule has 0 atom stereocenters. The van der Waals surface area contributed by atoms with Crippen LogP contribution >= 0.6 is 11.6 Å². The fraction of sp³-hybridized carbons (Fsp3) is 0.133. The molecule has 0 unspecified atom stereocenters. The average Bonchev–Trinajstić information content (AvgIpc) is 2.47. The first-order chi connectivity index (χ1) is 11.2. The van der Waals surface area contributed by atoms with Crippen LogP contribution in [0.1, 0.15) is 0 Å². The molecule has 2 rings (SSSR count). The predicted molar refractivity (Wildman–Crippen MR) is 88.6 cm³/mol. The van der Waals surface area contributed by atoms with Gasteiger partial charge in [-0.2, -0.15) is 0 Å². The van der Waals surface area contributed by atoms with E-state index in [1.54, 1.807) is 0 Å². The highest BCUT2D eigenvalue weighted by atomic mass is 35.5. The van der Waals surface area contributed by atoms with Gasteiger partial charge in [-0.1, -0.05) is 17.7 Å². The van der Waals surface area contributed by atoms with Crippen LogP contribution in [-0.2, 0) is 14.8 Å². The summed E-state index contributed by atoms with van der Waals surface area (Å²) < 4.78 is 50.9. The zero-order valence-electron chi connectivity index (χ0n) is 12.5. The molecule has 0 radical (unpaired) electrons. The van der Waals surface area contributed by atoms with Crippen LogP contribution in [0, 0.1) is 11.6 Å². The van der Waals surface area contributed by atoms with Crippen molar-refractivity contribution in [3.63, 3.8) is 0 Å². The van der Waals surface area contributed by atoms with Crippen molar-refractivity contribution in [3.05, 3.63) is 59.1 Å². The SMILES string of the molecule is CS(=O)(=O)N(CC(=O)Nc1ccc(F)c(Cl)c1)c1cccc(F)c1. The van der Waals surface area contributed by atoms with Crippen LogP contribution in [0.15, 0.2) is 42.5 Å². The van der Waals surface area contributed by atoms with Crippen molar-refractivity contribution in [2.24, 2.45) is 0 Å². The third-order valence-corrected chi connectivity index (χ3v) is 4.42. The van der Waals surface area contributed by atoms with Gasteiger partial charge in [-0.25, -0.2) is 17.2 Å². The minimum Gasteiger partial charge on any atom is -0.324 e.